The molecule has 0 amide bonds. The third kappa shape index (κ3) is 3.20. The van der Waals surface area contributed by atoms with Gasteiger partial charge >= 0.3 is 0 Å². The molecule has 1 unspecified atom stereocenters. The Bertz CT molecular complexity index is 830. The van der Waals surface area contributed by atoms with Gasteiger partial charge < -0.3 is 14.8 Å². The molecule has 1 saturated heterocycles. The number of halogens is 1. The molecule has 1 fully saturated rings. The number of thiazole rings is 1. The van der Waals surface area contributed by atoms with Crippen LogP contribution in [0.5, 0.6) is 11.5 Å². The van der Waals surface area contributed by atoms with Crippen molar-refractivity contribution in [3.63, 3.8) is 0 Å². The number of para-hydroxylation sites is 1. The van der Waals surface area contributed by atoms with E-state index >= 15 is 0 Å². The highest BCUT2D eigenvalue weighted by atomic mass is 35.5. The first-order chi connectivity index (χ1) is 11.7. The van der Waals surface area contributed by atoms with Gasteiger partial charge in [0.15, 0.2) is 11.5 Å². The number of aromatic nitrogens is 1. The normalized spacial score (nSPS) is 15.9. The lowest BCUT2D eigenvalue weighted by molar-refractivity contribution is 0.129. The molecule has 4 nitrogen and oxygen atoms in total. The maximum absolute atomic E-state index is 6.13. The molecule has 0 saturated carbocycles. The molecule has 24 heavy (non-hydrogen) atoms. The summed E-state index contributed by atoms with van der Waals surface area (Å²) in [4.78, 5) is 4.66. The average Bonchev–Trinajstić information content (AvgIpc) is 2.97. The van der Waals surface area contributed by atoms with E-state index in [0.717, 1.165) is 28.3 Å². The quantitative estimate of drug-likeness (QED) is 0.730. The SMILES string of the molecule is CC(Oc1ccc(Cl)cc1OC1CNC1)c1nc2ccccc2s1. The van der Waals surface area contributed by atoms with Gasteiger partial charge in [-0.3, -0.25) is 0 Å². The molecule has 1 N–H and O–H groups in total. The first-order valence-electron chi connectivity index (χ1n) is 7.88. The summed E-state index contributed by atoms with van der Waals surface area (Å²) in [6, 6.07) is 13.6. The van der Waals surface area contributed by atoms with Crippen LogP contribution in [0.2, 0.25) is 5.02 Å². The van der Waals surface area contributed by atoms with Gasteiger partial charge in [0.1, 0.15) is 17.2 Å². The van der Waals surface area contributed by atoms with Gasteiger partial charge in [0.25, 0.3) is 0 Å². The van der Waals surface area contributed by atoms with Crippen LogP contribution in [0.4, 0.5) is 0 Å². The molecular weight excluding hydrogens is 344 g/mol. The van der Waals surface area contributed by atoms with E-state index in [1.165, 1.54) is 0 Å². The Morgan fingerprint density at radius 3 is 2.79 bits per heavy atom. The number of hydrogen-bond acceptors (Lipinski definition) is 5. The predicted octanol–water partition coefficient (Wildman–Crippen LogP) is 4.44. The van der Waals surface area contributed by atoms with Gasteiger partial charge in [-0.05, 0) is 31.2 Å². The van der Waals surface area contributed by atoms with Crippen molar-refractivity contribution in [2.45, 2.75) is 19.1 Å². The van der Waals surface area contributed by atoms with Crippen LogP contribution in [0.25, 0.3) is 10.2 Å². The van der Waals surface area contributed by atoms with Crippen LogP contribution in [0.3, 0.4) is 0 Å². The van der Waals surface area contributed by atoms with Gasteiger partial charge in [-0.1, -0.05) is 23.7 Å². The van der Waals surface area contributed by atoms with E-state index in [1.807, 2.05) is 37.3 Å². The second kappa shape index (κ2) is 6.59. The maximum atomic E-state index is 6.13. The minimum absolute atomic E-state index is 0.162. The van der Waals surface area contributed by atoms with Crippen molar-refractivity contribution in [1.82, 2.24) is 10.3 Å². The molecule has 0 aliphatic carbocycles. The molecule has 3 aromatic rings. The largest absolute Gasteiger partial charge is 0.484 e. The molecule has 2 heterocycles. The smallest absolute Gasteiger partial charge is 0.163 e. The standard InChI is InChI=1S/C18H17ClN2O2S/c1-11(18-21-14-4-2-3-5-17(14)24-18)22-15-7-6-12(19)8-16(15)23-13-9-20-10-13/h2-8,11,13,20H,9-10H2,1H3. The molecule has 0 spiro atoms. The van der Waals surface area contributed by atoms with Crippen molar-refractivity contribution in [3.8, 4) is 11.5 Å². The second-order valence-electron chi connectivity index (χ2n) is 5.77. The summed E-state index contributed by atoms with van der Waals surface area (Å²) in [5.41, 5.74) is 1.00. The Morgan fingerprint density at radius 2 is 2.04 bits per heavy atom. The number of ether oxygens (including phenoxy) is 2. The van der Waals surface area contributed by atoms with Crippen LogP contribution in [0.15, 0.2) is 42.5 Å². The van der Waals surface area contributed by atoms with Crippen LogP contribution in [0.1, 0.15) is 18.0 Å². The molecule has 1 aliphatic rings. The number of hydrogen-bond donors (Lipinski definition) is 1. The van der Waals surface area contributed by atoms with Crippen molar-refractivity contribution in [2.24, 2.45) is 0 Å². The predicted molar refractivity (Wildman–Crippen MR) is 97.4 cm³/mol. The minimum atomic E-state index is -0.162. The van der Waals surface area contributed by atoms with Crippen LogP contribution in [-0.4, -0.2) is 24.2 Å². The summed E-state index contributed by atoms with van der Waals surface area (Å²) in [5, 5.41) is 4.77. The van der Waals surface area contributed by atoms with Crippen LogP contribution in [0, 0.1) is 0 Å². The number of fused-ring (bicyclic) bond motifs is 1. The van der Waals surface area contributed by atoms with Gasteiger partial charge in [0.05, 0.1) is 10.2 Å². The lowest BCUT2D eigenvalue weighted by Gasteiger charge is -2.29. The molecular formula is C18H17ClN2O2S. The zero-order chi connectivity index (χ0) is 16.5. The van der Waals surface area contributed by atoms with E-state index in [0.29, 0.717) is 16.5 Å². The topological polar surface area (TPSA) is 43.4 Å². The Balaban J connectivity index is 1.57. The van der Waals surface area contributed by atoms with Crippen LogP contribution >= 0.6 is 22.9 Å². The zero-order valence-corrected chi connectivity index (χ0v) is 14.7. The lowest BCUT2D eigenvalue weighted by Crippen LogP contribution is -2.50. The first-order valence-corrected chi connectivity index (χ1v) is 9.07. The fraction of sp³-hybridized carbons (Fsp3) is 0.278. The number of rotatable bonds is 5. The molecule has 1 aliphatic heterocycles. The highest BCUT2D eigenvalue weighted by Crippen LogP contribution is 2.36. The van der Waals surface area contributed by atoms with E-state index in [1.54, 1.807) is 17.4 Å². The summed E-state index contributed by atoms with van der Waals surface area (Å²) in [6.07, 6.45) is 0.00835. The molecule has 1 aromatic heterocycles. The van der Waals surface area contributed by atoms with Crippen molar-refractivity contribution in [3.05, 3.63) is 52.5 Å². The number of nitrogens with one attached hydrogen (secondary N) is 1. The van der Waals surface area contributed by atoms with Gasteiger partial charge in [-0.15, -0.1) is 11.3 Å². The van der Waals surface area contributed by atoms with Crippen molar-refractivity contribution in [2.75, 3.05) is 13.1 Å². The third-order valence-electron chi connectivity index (χ3n) is 3.91. The Hall–Kier alpha value is -1.82. The average molecular weight is 361 g/mol. The van der Waals surface area contributed by atoms with Gasteiger partial charge in [-0.25, -0.2) is 4.98 Å². The minimum Gasteiger partial charge on any atom is -0.484 e. The highest BCUT2D eigenvalue weighted by Gasteiger charge is 2.22. The van der Waals surface area contributed by atoms with Gasteiger partial charge in [0, 0.05) is 24.2 Å². The van der Waals surface area contributed by atoms with Crippen LogP contribution in [-0.2, 0) is 0 Å². The van der Waals surface area contributed by atoms with E-state index in [9.17, 15) is 0 Å². The lowest BCUT2D eigenvalue weighted by atomic mass is 10.2. The molecule has 0 radical (unpaired) electrons. The van der Waals surface area contributed by atoms with E-state index in [2.05, 4.69) is 16.4 Å². The summed E-state index contributed by atoms with van der Waals surface area (Å²) in [7, 11) is 0. The van der Waals surface area contributed by atoms with Gasteiger partial charge in [-0.2, -0.15) is 0 Å². The second-order valence-corrected chi connectivity index (χ2v) is 7.27. The zero-order valence-electron chi connectivity index (χ0n) is 13.2. The third-order valence-corrected chi connectivity index (χ3v) is 5.34. The van der Waals surface area contributed by atoms with E-state index in [4.69, 9.17) is 21.1 Å². The summed E-state index contributed by atoms with van der Waals surface area (Å²) < 4.78 is 13.3. The molecule has 4 rings (SSSR count). The molecule has 124 valence electrons. The van der Waals surface area contributed by atoms with Crippen molar-refractivity contribution >= 4 is 33.2 Å². The Labute approximate surface area is 149 Å². The van der Waals surface area contributed by atoms with Crippen LogP contribution < -0.4 is 14.8 Å². The fourth-order valence-electron chi connectivity index (χ4n) is 2.50. The monoisotopic (exact) mass is 360 g/mol. The highest BCUT2D eigenvalue weighted by molar-refractivity contribution is 7.18. The Kier molecular flexibility index (Phi) is 4.31. The number of benzene rings is 2. The Morgan fingerprint density at radius 1 is 1.21 bits per heavy atom. The van der Waals surface area contributed by atoms with E-state index in [-0.39, 0.29) is 12.2 Å². The van der Waals surface area contributed by atoms with Crippen molar-refractivity contribution in [1.29, 1.82) is 0 Å². The summed E-state index contributed by atoms with van der Waals surface area (Å²) >= 11 is 7.76. The number of nitrogens with zero attached hydrogens (tertiary/aromatic N) is 1. The molecule has 2 aromatic carbocycles. The summed E-state index contributed by atoms with van der Waals surface area (Å²) in [5.74, 6) is 1.38. The van der Waals surface area contributed by atoms with Gasteiger partial charge in [0.2, 0.25) is 0 Å². The molecule has 6 heteroatoms. The summed E-state index contributed by atoms with van der Waals surface area (Å²) in [6.45, 7) is 3.69. The molecule has 0 bridgehead atoms. The molecule has 1 atom stereocenters. The maximum Gasteiger partial charge on any atom is 0.163 e. The van der Waals surface area contributed by atoms with E-state index < -0.39 is 0 Å². The fourth-order valence-corrected chi connectivity index (χ4v) is 3.61. The first kappa shape index (κ1) is 15.7. The van der Waals surface area contributed by atoms with Crippen molar-refractivity contribution < 1.29 is 9.47 Å².